The first-order chi connectivity index (χ1) is 13.7. The van der Waals surface area contributed by atoms with Crippen LogP contribution < -0.4 is 0 Å². The molecule has 0 unspecified atom stereocenters. The van der Waals surface area contributed by atoms with Crippen LogP contribution in [0.4, 0.5) is 0 Å². The van der Waals surface area contributed by atoms with Gasteiger partial charge in [-0.25, -0.2) is 4.79 Å². The molecule has 3 rings (SSSR count). The molecule has 0 fully saturated rings. The minimum absolute atomic E-state index is 0.364. The predicted octanol–water partition coefficient (Wildman–Crippen LogP) is 5.69. The Balaban J connectivity index is 2.08. The monoisotopic (exact) mass is 365 g/mol. The van der Waals surface area contributed by atoms with Crippen molar-refractivity contribution >= 4 is 30.3 Å². The van der Waals surface area contributed by atoms with E-state index in [0.29, 0.717) is 16.7 Å². The molecule has 136 valence electrons. The highest BCUT2D eigenvalue weighted by Gasteiger charge is 2.16. The largest absolute Gasteiger partial charge is 0.465 e. The van der Waals surface area contributed by atoms with Crippen LogP contribution in [0.5, 0.6) is 0 Å². The molecule has 0 bridgehead atoms. The second-order valence-corrected chi connectivity index (χ2v) is 6.08. The van der Waals surface area contributed by atoms with E-state index in [0.717, 1.165) is 16.7 Å². The molecule has 0 saturated heterocycles. The molecule has 0 aromatic heterocycles. The number of hydrogen-bond acceptors (Lipinski definition) is 3. The Morgan fingerprint density at radius 3 is 1.93 bits per heavy atom. The van der Waals surface area contributed by atoms with Crippen molar-refractivity contribution in [1.29, 1.82) is 5.26 Å². The van der Waals surface area contributed by atoms with Crippen molar-refractivity contribution in [3.05, 3.63) is 106 Å². The van der Waals surface area contributed by atoms with Gasteiger partial charge in [0, 0.05) is 5.56 Å². The summed E-state index contributed by atoms with van der Waals surface area (Å²) in [5.41, 5.74) is 4.10. The number of carbonyl (C=O) groups is 1. The Morgan fingerprint density at radius 2 is 1.39 bits per heavy atom. The molecule has 0 heterocycles. The van der Waals surface area contributed by atoms with E-state index in [1.807, 2.05) is 78.9 Å². The number of hydrogen-bond donors (Lipinski definition) is 0. The summed E-state index contributed by atoms with van der Waals surface area (Å²) in [5, 5.41) is 9.80. The second kappa shape index (κ2) is 9.16. The minimum atomic E-state index is -0.470. The smallest absolute Gasteiger partial charge is 0.338 e. The topological polar surface area (TPSA) is 50.1 Å². The van der Waals surface area contributed by atoms with E-state index in [-0.39, 0.29) is 0 Å². The fraction of sp³-hybridized carbons (Fsp3) is 0.0400. The van der Waals surface area contributed by atoms with E-state index >= 15 is 0 Å². The standard InChI is InChI=1S/C25H19NO2/c1-28-25(27)23-17-15-21(14-12-19-8-4-2-5-9-19)24(18-26)22(23)16-13-20-10-6-3-7-11-20/h2-17H,1H3/b14-12+,16-13+. The lowest BCUT2D eigenvalue weighted by Crippen LogP contribution is -2.06. The van der Waals surface area contributed by atoms with Crippen LogP contribution in [0, 0.1) is 11.3 Å². The summed E-state index contributed by atoms with van der Waals surface area (Å²) in [5.74, 6) is -0.470. The highest BCUT2D eigenvalue weighted by molar-refractivity contribution is 5.97. The number of carbonyl (C=O) groups excluding carboxylic acids is 1. The van der Waals surface area contributed by atoms with Gasteiger partial charge in [-0.3, -0.25) is 0 Å². The van der Waals surface area contributed by atoms with Gasteiger partial charge >= 0.3 is 5.97 Å². The Kier molecular flexibility index (Phi) is 6.17. The van der Waals surface area contributed by atoms with Crippen LogP contribution in [0.3, 0.4) is 0 Å². The van der Waals surface area contributed by atoms with Gasteiger partial charge < -0.3 is 4.74 Å². The molecule has 0 amide bonds. The molecule has 3 aromatic carbocycles. The molecule has 0 aliphatic rings. The normalized spacial score (nSPS) is 10.9. The average Bonchev–Trinajstić information content (AvgIpc) is 2.76. The van der Waals surface area contributed by atoms with Crippen molar-refractivity contribution in [3.8, 4) is 6.07 Å². The van der Waals surface area contributed by atoms with Crippen molar-refractivity contribution in [3.63, 3.8) is 0 Å². The molecule has 3 nitrogen and oxygen atoms in total. The molecule has 0 aliphatic heterocycles. The lowest BCUT2D eigenvalue weighted by atomic mass is 9.95. The summed E-state index contributed by atoms with van der Waals surface area (Å²) >= 11 is 0. The van der Waals surface area contributed by atoms with Crippen LogP contribution in [-0.2, 0) is 4.74 Å². The molecule has 0 atom stereocenters. The molecular weight excluding hydrogens is 346 g/mol. The summed E-state index contributed by atoms with van der Waals surface area (Å²) < 4.78 is 4.90. The molecular formula is C25H19NO2. The molecule has 3 heteroatoms. The third kappa shape index (κ3) is 4.44. The summed E-state index contributed by atoms with van der Waals surface area (Å²) in [6.45, 7) is 0. The molecule has 28 heavy (non-hydrogen) atoms. The zero-order chi connectivity index (χ0) is 19.8. The highest BCUT2D eigenvalue weighted by Crippen LogP contribution is 2.24. The van der Waals surface area contributed by atoms with E-state index in [9.17, 15) is 10.1 Å². The first-order valence-electron chi connectivity index (χ1n) is 8.84. The molecule has 0 spiro atoms. The van der Waals surface area contributed by atoms with E-state index in [2.05, 4.69) is 6.07 Å². The van der Waals surface area contributed by atoms with Crippen LogP contribution in [-0.4, -0.2) is 13.1 Å². The first kappa shape index (κ1) is 18.9. The SMILES string of the molecule is COC(=O)c1ccc(/C=C/c2ccccc2)c(C#N)c1/C=C/c1ccccc1. The number of ether oxygens (including phenoxy) is 1. The van der Waals surface area contributed by atoms with Crippen molar-refractivity contribution < 1.29 is 9.53 Å². The van der Waals surface area contributed by atoms with E-state index in [1.54, 1.807) is 18.2 Å². The van der Waals surface area contributed by atoms with Gasteiger partial charge in [0.2, 0.25) is 0 Å². The molecule has 0 N–H and O–H groups in total. The second-order valence-electron chi connectivity index (χ2n) is 6.08. The number of esters is 1. The van der Waals surface area contributed by atoms with Gasteiger partial charge in [0.1, 0.15) is 6.07 Å². The Hall–Kier alpha value is -3.90. The Morgan fingerprint density at radius 1 is 0.821 bits per heavy atom. The van der Waals surface area contributed by atoms with Gasteiger partial charge in [0.05, 0.1) is 18.2 Å². The lowest BCUT2D eigenvalue weighted by molar-refractivity contribution is 0.0600. The summed E-state index contributed by atoms with van der Waals surface area (Å²) in [7, 11) is 1.34. The van der Waals surface area contributed by atoms with Gasteiger partial charge in [-0.2, -0.15) is 5.26 Å². The maximum atomic E-state index is 12.2. The first-order valence-corrected chi connectivity index (χ1v) is 8.84. The summed E-state index contributed by atoms with van der Waals surface area (Å²) in [4.78, 5) is 12.2. The number of methoxy groups -OCH3 is 1. The van der Waals surface area contributed by atoms with Gasteiger partial charge in [0.25, 0.3) is 0 Å². The van der Waals surface area contributed by atoms with Crippen LogP contribution in [0.2, 0.25) is 0 Å². The van der Waals surface area contributed by atoms with E-state index < -0.39 is 5.97 Å². The molecule has 0 radical (unpaired) electrons. The fourth-order valence-corrected chi connectivity index (χ4v) is 2.85. The maximum Gasteiger partial charge on any atom is 0.338 e. The number of nitrogens with zero attached hydrogens (tertiary/aromatic N) is 1. The maximum absolute atomic E-state index is 12.2. The molecule has 3 aromatic rings. The van der Waals surface area contributed by atoms with Gasteiger partial charge in [-0.1, -0.05) is 91.0 Å². The number of rotatable bonds is 5. The highest BCUT2D eigenvalue weighted by atomic mass is 16.5. The lowest BCUT2D eigenvalue weighted by Gasteiger charge is -2.09. The Bertz CT molecular complexity index is 1060. The Labute approximate surface area is 164 Å². The van der Waals surface area contributed by atoms with Crippen molar-refractivity contribution in [1.82, 2.24) is 0 Å². The van der Waals surface area contributed by atoms with Crippen LogP contribution >= 0.6 is 0 Å². The van der Waals surface area contributed by atoms with Gasteiger partial charge in [-0.15, -0.1) is 0 Å². The number of nitriles is 1. The number of benzene rings is 3. The van der Waals surface area contributed by atoms with Crippen molar-refractivity contribution in [2.75, 3.05) is 7.11 Å². The van der Waals surface area contributed by atoms with Crippen molar-refractivity contribution in [2.24, 2.45) is 0 Å². The summed E-state index contributed by atoms with van der Waals surface area (Å²) in [6.07, 6.45) is 7.50. The third-order valence-corrected chi connectivity index (χ3v) is 4.29. The van der Waals surface area contributed by atoms with Crippen LogP contribution in [0.1, 0.15) is 38.2 Å². The van der Waals surface area contributed by atoms with Crippen molar-refractivity contribution in [2.45, 2.75) is 0 Å². The van der Waals surface area contributed by atoms with E-state index in [1.165, 1.54) is 7.11 Å². The predicted molar refractivity (Wildman–Crippen MR) is 113 cm³/mol. The zero-order valence-corrected chi connectivity index (χ0v) is 15.5. The minimum Gasteiger partial charge on any atom is -0.465 e. The summed E-state index contributed by atoms with van der Waals surface area (Å²) in [6, 6.07) is 25.3. The molecule has 0 aliphatic carbocycles. The quantitative estimate of drug-likeness (QED) is 0.431. The molecule has 0 saturated carbocycles. The zero-order valence-electron chi connectivity index (χ0n) is 15.5. The third-order valence-electron chi connectivity index (χ3n) is 4.29. The van der Waals surface area contributed by atoms with Crippen LogP contribution in [0.25, 0.3) is 24.3 Å². The van der Waals surface area contributed by atoms with E-state index in [4.69, 9.17) is 4.74 Å². The fourth-order valence-electron chi connectivity index (χ4n) is 2.85. The van der Waals surface area contributed by atoms with Crippen LogP contribution in [0.15, 0.2) is 72.8 Å². The van der Waals surface area contributed by atoms with Gasteiger partial charge in [0.15, 0.2) is 0 Å². The van der Waals surface area contributed by atoms with Gasteiger partial charge in [-0.05, 0) is 22.8 Å². The average molecular weight is 365 g/mol.